The van der Waals surface area contributed by atoms with Crippen LogP contribution in [0.25, 0.3) is 11.3 Å². The Labute approximate surface area is 170 Å². The van der Waals surface area contributed by atoms with Crippen LogP contribution in [0.4, 0.5) is 23.4 Å². The highest BCUT2D eigenvalue weighted by Gasteiger charge is 2.37. The summed E-state index contributed by atoms with van der Waals surface area (Å²) in [6, 6.07) is 6.05. The van der Waals surface area contributed by atoms with Crippen molar-refractivity contribution in [2.24, 2.45) is 7.05 Å². The number of aryl methyl sites for hydroxylation is 1. The van der Waals surface area contributed by atoms with E-state index in [0.717, 1.165) is 5.56 Å². The molecule has 30 heavy (non-hydrogen) atoms. The first kappa shape index (κ1) is 20.3. The smallest absolute Gasteiger partial charge is 0.352 e. The zero-order valence-electron chi connectivity index (χ0n) is 16.3. The molecule has 1 aliphatic heterocycles. The molecular weight excluding hydrogens is 400 g/mol. The van der Waals surface area contributed by atoms with Gasteiger partial charge in [0.05, 0.1) is 0 Å². The predicted octanol–water partition coefficient (Wildman–Crippen LogP) is 3.36. The van der Waals surface area contributed by atoms with E-state index in [1.165, 1.54) is 30.1 Å². The summed E-state index contributed by atoms with van der Waals surface area (Å²) >= 11 is 0. The minimum absolute atomic E-state index is 0.171. The van der Waals surface area contributed by atoms with Crippen LogP contribution in [0.5, 0.6) is 0 Å². The molecule has 0 spiro atoms. The van der Waals surface area contributed by atoms with E-state index >= 15 is 0 Å². The van der Waals surface area contributed by atoms with Gasteiger partial charge in [-0.2, -0.15) is 18.3 Å². The number of nitrogens with zero attached hydrogens (tertiary/aromatic N) is 6. The number of piperazine rings is 1. The van der Waals surface area contributed by atoms with Crippen LogP contribution in [0, 0.1) is 5.82 Å². The van der Waals surface area contributed by atoms with Gasteiger partial charge in [-0.25, -0.2) is 9.37 Å². The Kier molecular flexibility index (Phi) is 5.42. The summed E-state index contributed by atoms with van der Waals surface area (Å²) in [5.74, 6) is 0.354. The zero-order valence-corrected chi connectivity index (χ0v) is 16.3. The molecule has 3 heterocycles. The van der Waals surface area contributed by atoms with Crippen LogP contribution < -0.4 is 4.90 Å². The topological polar surface area (TPSA) is 50.1 Å². The average molecular weight is 420 g/mol. The van der Waals surface area contributed by atoms with Crippen molar-refractivity contribution >= 4 is 5.82 Å². The first-order valence-electron chi connectivity index (χ1n) is 9.45. The largest absolute Gasteiger partial charge is 0.435 e. The lowest BCUT2D eigenvalue weighted by Crippen LogP contribution is -2.46. The van der Waals surface area contributed by atoms with Crippen molar-refractivity contribution in [1.29, 1.82) is 0 Å². The zero-order chi connectivity index (χ0) is 21.3. The van der Waals surface area contributed by atoms with Gasteiger partial charge in [0.1, 0.15) is 11.5 Å². The van der Waals surface area contributed by atoms with Crippen molar-refractivity contribution in [1.82, 2.24) is 24.6 Å². The van der Waals surface area contributed by atoms with Crippen molar-refractivity contribution in [3.05, 3.63) is 59.9 Å². The standard InChI is InChI=1S/C20H20F4N6/c1-28-12-15(18(27-28)20(22,23)24)13-29-8-10-30(11-9-29)19-17(25-6-7-26-19)14-2-4-16(21)5-3-14/h2-7,12H,8-11,13H2,1H3. The minimum atomic E-state index is -4.47. The summed E-state index contributed by atoms with van der Waals surface area (Å²) in [6.07, 6.45) is 0.131. The second-order valence-corrected chi connectivity index (χ2v) is 7.17. The molecule has 4 rings (SSSR count). The molecule has 0 saturated carbocycles. The fraction of sp³-hybridized carbons (Fsp3) is 0.350. The van der Waals surface area contributed by atoms with Crippen LogP contribution in [0.2, 0.25) is 0 Å². The van der Waals surface area contributed by atoms with E-state index < -0.39 is 11.9 Å². The van der Waals surface area contributed by atoms with E-state index in [4.69, 9.17) is 0 Å². The number of benzene rings is 1. The van der Waals surface area contributed by atoms with Gasteiger partial charge in [-0.1, -0.05) is 0 Å². The van der Waals surface area contributed by atoms with Crippen molar-refractivity contribution in [3.63, 3.8) is 0 Å². The number of hydrogen-bond donors (Lipinski definition) is 0. The van der Waals surface area contributed by atoms with Crippen molar-refractivity contribution in [2.45, 2.75) is 12.7 Å². The Balaban J connectivity index is 1.47. The molecule has 1 aliphatic rings. The molecule has 0 radical (unpaired) electrons. The molecule has 0 aliphatic carbocycles. The number of halogens is 4. The van der Waals surface area contributed by atoms with Crippen LogP contribution in [-0.4, -0.2) is 50.8 Å². The summed E-state index contributed by atoms with van der Waals surface area (Å²) in [5.41, 5.74) is 0.745. The third-order valence-corrected chi connectivity index (χ3v) is 5.04. The fourth-order valence-corrected chi connectivity index (χ4v) is 3.62. The monoisotopic (exact) mass is 420 g/mol. The number of alkyl halides is 3. The Hall–Kier alpha value is -3.01. The fourth-order valence-electron chi connectivity index (χ4n) is 3.62. The first-order chi connectivity index (χ1) is 14.3. The molecule has 1 aromatic carbocycles. The van der Waals surface area contributed by atoms with Crippen LogP contribution >= 0.6 is 0 Å². The molecule has 0 atom stereocenters. The molecule has 0 unspecified atom stereocenters. The van der Waals surface area contributed by atoms with Gasteiger partial charge >= 0.3 is 6.18 Å². The van der Waals surface area contributed by atoms with E-state index in [1.54, 1.807) is 24.5 Å². The quantitative estimate of drug-likeness (QED) is 0.606. The Morgan fingerprint density at radius 1 is 0.967 bits per heavy atom. The van der Waals surface area contributed by atoms with E-state index in [9.17, 15) is 17.6 Å². The summed E-state index contributed by atoms with van der Waals surface area (Å²) in [4.78, 5) is 12.9. The van der Waals surface area contributed by atoms with Gasteiger partial charge in [0, 0.05) is 69.5 Å². The van der Waals surface area contributed by atoms with Crippen LogP contribution in [0.1, 0.15) is 11.3 Å². The van der Waals surface area contributed by atoms with Crippen LogP contribution in [0.3, 0.4) is 0 Å². The number of aromatic nitrogens is 4. The number of rotatable bonds is 4. The van der Waals surface area contributed by atoms with Gasteiger partial charge in [-0.3, -0.25) is 14.6 Å². The van der Waals surface area contributed by atoms with Gasteiger partial charge in [0.15, 0.2) is 11.5 Å². The first-order valence-corrected chi connectivity index (χ1v) is 9.45. The number of anilines is 1. The second-order valence-electron chi connectivity index (χ2n) is 7.17. The summed E-state index contributed by atoms with van der Waals surface area (Å²) in [6.45, 7) is 2.52. The summed E-state index contributed by atoms with van der Waals surface area (Å²) in [5, 5.41) is 3.57. The molecule has 10 heteroatoms. The molecular formula is C20H20F4N6. The second kappa shape index (κ2) is 8.02. The molecule has 0 N–H and O–H groups in total. The van der Waals surface area contributed by atoms with Crippen molar-refractivity contribution in [3.8, 4) is 11.3 Å². The highest BCUT2D eigenvalue weighted by molar-refractivity contribution is 5.72. The summed E-state index contributed by atoms with van der Waals surface area (Å²) in [7, 11) is 1.49. The maximum atomic E-state index is 13.3. The normalized spacial score (nSPS) is 15.6. The SMILES string of the molecule is Cn1cc(CN2CCN(c3nccnc3-c3ccc(F)cc3)CC2)c(C(F)(F)F)n1. The lowest BCUT2D eigenvalue weighted by molar-refractivity contribution is -0.142. The summed E-state index contributed by atoms with van der Waals surface area (Å²) < 4.78 is 54.0. The molecule has 158 valence electrons. The average Bonchev–Trinajstić information content (AvgIpc) is 3.10. The Morgan fingerprint density at radius 2 is 1.63 bits per heavy atom. The molecule has 0 bridgehead atoms. The highest BCUT2D eigenvalue weighted by Crippen LogP contribution is 2.32. The lowest BCUT2D eigenvalue weighted by atomic mass is 10.1. The van der Waals surface area contributed by atoms with E-state index in [2.05, 4.69) is 20.0 Å². The highest BCUT2D eigenvalue weighted by atomic mass is 19.4. The Morgan fingerprint density at radius 3 is 2.30 bits per heavy atom. The molecule has 0 amide bonds. The van der Waals surface area contributed by atoms with Gasteiger partial charge in [-0.15, -0.1) is 0 Å². The molecule has 2 aromatic heterocycles. The van der Waals surface area contributed by atoms with Gasteiger partial charge < -0.3 is 4.90 Å². The maximum absolute atomic E-state index is 13.3. The van der Waals surface area contributed by atoms with Crippen LogP contribution in [0.15, 0.2) is 42.9 Å². The molecule has 1 fully saturated rings. The van der Waals surface area contributed by atoms with Crippen molar-refractivity contribution < 1.29 is 17.6 Å². The third kappa shape index (κ3) is 4.28. The molecule has 1 saturated heterocycles. The van der Waals surface area contributed by atoms with Gasteiger partial charge in [0.2, 0.25) is 0 Å². The lowest BCUT2D eigenvalue weighted by Gasteiger charge is -2.35. The van der Waals surface area contributed by atoms with E-state index in [1.807, 2.05) is 4.90 Å². The van der Waals surface area contributed by atoms with E-state index in [-0.39, 0.29) is 17.9 Å². The van der Waals surface area contributed by atoms with Crippen LogP contribution in [-0.2, 0) is 19.8 Å². The molecule has 3 aromatic rings. The predicted molar refractivity (Wildman–Crippen MR) is 103 cm³/mol. The number of hydrogen-bond acceptors (Lipinski definition) is 5. The molecule has 6 nitrogen and oxygen atoms in total. The Bertz CT molecular complexity index is 1010. The van der Waals surface area contributed by atoms with Crippen molar-refractivity contribution in [2.75, 3.05) is 31.1 Å². The van der Waals surface area contributed by atoms with E-state index in [0.29, 0.717) is 37.7 Å². The minimum Gasteiger partial charge on any atom is -0.352 e. The maximum Gasteiger partial charge on any atom is 0.435 e. The third-order valence-electron chi connectivity index (χ3n) is 5.04. The van der Waals surface area contributed by atoms with Gasteiger partial charge in [-0.05, 0) is 24.3 Å². The van der Waals surface area contributed by atoms with Gasteiger partial charge in [0.25, 0.3) is 0 Å².